The van der Waals surface area contributed by atoms with Crippen LogP contribution in [0, 0.1) is 6.92 Å². The van der Waals surface area contributed by atoms with Crippen LogP contribution in [0.5, 0.6) is 0 Å². The van der Waals surface area contributed by atoms with Gasteiger partial charge in [0, 0.05) is 11.9 Å². The Labute approximate surface area is 156 Å². The van der Waals surface area contributed by atoms with Crippen molar-refractivity contribution in [1.29, 1.82) is 0 Å². The highest BCUT2D eigenvalue weighted by atomic mass is 79.9. The molecule has 0 N–H and O–H groups in total. The van der Waals surface area contributed by atoms with Crippen LogP contribution in [-0.4, -0.2) is 32.9 Å². The number of sulfonamides is 1. The Morgan fingerprint density at radius 2 is 1.68 bits per heavy atom. The Hall–Kier alpha value is -1.86. The summed E-state index contributed by atoms with van der Waals surface area (Å²) >= 11 is 3.30. The molecule has 7 heteroatoms. The highest BCUT2D eigenvalue weighted by Crippen LogP contribution is 2.24. The molecule has 0 spiro atoms. The van der Waals surface area contributed by atoms with Crippen molar-refractivity contribution in [2.45, 2.75) is 18.7 Å². The van der Waals surface area contributed by atoms with Crippen molar-refractivity contribution in [3.63, 3.8) is 0 Å². The third kappa shape index (κ3) is 4.61. The zero-order valence-electron chi connectivity index (χ0n) is 14.1. The van der Waals surface area contributed by atoms with Crippen LogP contribution in [0.25, 0.3) is 0 Å². The molecule has 0 aliphatic heterocycles. The minimum atomic E-state index is -3.69. The minimum absolute atomic E-state index is 0.230. The van der Waals surface area contributed by atoms with E-state index in [1.54, 1.807) is 55.5 Å². The number of benzene rings is 2. The number of hydrogen-bond donors (Lipinski definition) is 0. The van der Waals surface area contributed by atoms with Gasteiger partial charge in [0.2, 0.25) is 0 Å². The molecule has 0 radical (unpaired) electrons. The maximum atomic E-state index is 13.0. The number of ether oxygens (including phenoxy) is 1. The van der Waals surface area contributed by atoms with Crippen molar-refractivity contribution < 1.29 is 17.9 Å². The molecule has 0 aromatic heterocycles. The molecule has 0 bridgehead atoms. The van der Waals surface area contributed by atoms with Gasteiger partial charge in [-0.05, 0) is 50.2 Å². The van der Waals surface area contributed by atoms with Gasteiger partial charge in [0.05, 0.1) is 22.8 Å². The number of rotatable bonds is 7. The van der Waals surface area contributed by atoms with E-state index in [0.29, 0.717) is 16.6 Å². The quantitative estimate of drug-likeness (QED) is 0.500. The number of halogens is 1. The molecule has 25 heavy (non-hydrogen) atoms. The number of aryl methyl sites for hydroxylation is 1. The Kier molecular flexibility index (Phi) is 6.61. The summed E-state index contributed by atoms with van der Waals surface area (Å²) in [7, 11) is -3.69. The Morgan fingerprint density at radius 3 is 2.20 bits per heavy atom. The average Bonchev–Trinajstić information content (AvgIpc) is 2.60. The summed E-state index contributed by atoms with van der Waals surface area (Å²) in [6.07, 6.45) is 0. The summed E-state index contributed by atoms with van der Waals surface area (Å²) in [4.78, 5) is 12.0. The molecule has 0 aliphatic carbocycles. The first-order valence-electron chi connectivity index (χ1n) is 7.82. The normalized spacial score (nSPS) is 11.2. The molecule has 2 rings (SSSR count). The molecule has 0 saturated heterocycles. The SMILES string of the molecule is CCOC(=O)c1ccc(N(CCBr)S(=O)(=O)c2ccc(C)cc2)cc1. The number of esters is 1. The summed E-state index contributed by atoms with van der Waals surface area (Å²) in [6, 6.07) is 13.1. The van der Waals surface area contributed by atoms with Gasteiger partial charge in [-0.15, -0.1) is 0 Å². The summed E-state index contributed by atoms with van der Waals surface area (Å²) in [5, 5.41) is 0.484. The molecule has 5 nitrogen and oxygen atoms in total. The standard InChI is InChI=1S/C18H20BrNO4S/c1-3-24-18(21)15-6-8-16(9-7-15)20(13-12-19)25(22,23)17-10-4-14(2)5-11-17/h4-11H,3,12-13H2,1-2H3. The summed E-state index contributed by atoms with van der Waals surface area (Å²) in [5.41, 5.74) is 1.87. The van der Waals surface area contributed by atoms with Gasteiger partial charge in [0.15, 0.2) is 0 Å². The predicted octanol–water partition coefficient (Wildman–Crippen LogP) is 3.76. The van der Waals surface area contributed by atoms with Gasteiger partial charge < -0.3 is 4.74 Å². The fourth-order valence-electron chi connectivity index (χ4n) is 2.28. The van der Waals surface area contributed by atoms with E-state index in [1.165, 1.54) is 4.31 Å². The lowest BCUT2D eigenvalue weighted by atomic mass is 10.2. The first-order valence-corrected chi connectivity index (χ1v) is 10.4. The second-order valence-electron chi connectivity index (χ2n) is 5.35. The fourth-order valence-corrected chi connectivity index (χ4v) is 4.34. The van der Waals surface area contributed by atoms with Crippen LogP contribution < -0.4 is 4.31 Å². The molecule has 134 valence electrons. The van der Waals surface area contributed by atoms with Gasteiger partial charge in [-0.2, -0.15) is 0 Å². The number of hydrogen-bond acceptors (Lipinski definition) is 4. The number of nitrogens with zero attached hydrogens (tertiary/aromatic N) is 1. The Bertz CT molecular complexity index is 817. The molecule has 0 saturated carbocycles. The molecule has 0 amide bonds. The van der Waals surface area contributed by atoms with E-state index in [0.717, 1.165) is 5.56 Å². The van der Waals surface area contributed by atoms with E-state index in [1.807, 2.05) is 6.92 Å². The molecule has 2 aromatic rings. The highest BCUT2D eigenvalue weighted by molar-refractivity contribution is 9.09. The molecular formula is C18H20BrNO4S. The zero-order valence-corrected chi connectivity index (χ0v) is 16.5. The van der Waals surface area contributed by atoms with Crippen LogP contribution in [0.4, 0.5) is 5.69 Å². The van der Waals surface area contributed by atoms with E-state index in [-0.39, 0.29) is 18.0 Å². The van der Waals surface area contributed by atoms with E-state index >= 15 is 0 Å². The third-order valence-corrected chi connectivity index (χ3v) is 5.76. The van der Waals surface area contributed by atoms with Gasteiger partial charge in [0.25, 0.3) is 10.0 Å². The van der Waals surface area contributed by atoms with Crippen LogP contribution in [0.3, 0.4) is 0 Å². The summed E-state index contributed by atoms with van der Waals surface area (Å²) in [5.74, 6) is -0.428. The molecule has 0 fully saturated rings. The van der Waals surface area contributed by atoms with Gasteiger partial charge >= 0.3 is 5.97 Å². The summed E-state index contributed by atoms with van der Waals surface area (Å²) in [6.45, 7) is 4.20. The summed E-state index contributed by atoms with van der Waals surface area (Å²) < 4.78 is 32.2. The van der Waals surface area contributed by atoms with E-state index in [2.05, 4.69) is 15.9 Å². The average molecular weight is 426 g/mol. The molecule has 0 aliphatic rings. The maximum absolute atomic E-state index is 13.0. The van der Waals surface area contributed by atoms with E-state index < -0.39 is 16.0 Å². The van der Waals surface area contributed by atoms with E-state index in [9.17, 15) is 13.2 Å². The monoisotopic (exact) mass is 425 g/mol. The predicted molar refractivity (Wildman–Crippen MR) is 102 cm³/mol. The number of alkyl halides is 1. The maximum Gasteiger partial charge on any atom is 0.338 e. The minimum Gasteiger partial charge on any atom is -0.462 e. The molecule has 0 atom stereocenters. The van der Waals surface area contributed by atoms with Crippen LogP contribution in [-0.2, 0) is 14.8 Å². The van der Waals surface area contributed by atoms with Crippen LogP contribution >= 0.6 is 15.9 Å². The second kappa shape index (κ2) is 8.49. The topological polar surface area (TPSA) is 63.7 Å². The molecular weight excluding hydrogens is 406 g/mol. The highest BCUT2D eigenvalue weighted by Gasteiger charge is 2.24. The lowest BCUT2D eigenvalue weighted by Crippen LogP contribution is -2.32. The lowest BCUT2D eigenvalue weighted by Gasteiger charge is -2.24. The van der Waals surface area contributed by atoms with Gasteiger partial charge in [-0.3, -0.25) is 4.31 Å². The van der Waals surface area contributed by atoms with Gasteiger partial charge in [-0.25, -0.2) is 13.2 Å². The molecule has 0 unspecified atom stereocenters. The largest absolute Gasteiger partial charge is 0.462 e. The van der Waals surface area contributed by atoms with Crippen LogP contribution in [0.2, 0.25) is 0 Å². The number of anilines is 1. The Morgan fingerprint density at radius 1 is 1.08 bits per heavy atom. The van der Waals surface area contributed by atoms with E-state index in [4.69, 9.17) is 4.74 Å². The fraction of sp³-hybridized carbons (Fsp3) is 0.278. The first kappa shape index (κ1) is 19.5. The van der Waals surface area contributed by atoms with Gasteiger partial charge in [0.1, 0.15) is 0 Å². The van der Waals surface area contributed by atoms with Crippen molar-refractivity contribution in [2.75, 3.05) is 22.8 Å². The molecule has 2 aromatic carbocycles. The van der Waals surface area contributed by atoms with Gasteiger partial charge in [-0.1, -0.05) is 33.6 Å². The van der Waals surface area contributed by atoms with Crippen molar-refractivity contribution in [2.24, 2.45) is 0 Å². The van der Waals surface area contributed by atoms with Crippen molar-refractivity contribution in [3.05, 3.63) is 59.7 Å². The van der Waals surface area contributed by atoms with Crippen LogP contribution in [0.1, 0.15) is 22.8 Å². The number of carbonyl (C=O) groups is 1. The lowest BCUT2D eigenvalue weighted by molar-refractivity contribution is 0.0526. The first-order chi connectivity index (χ1) is 11.9. The molecule has 0 heterocycles. The zero-order chi connectivity index (χ0) is 18.4. The van der Waals surface area contributed by atoms with Crippen molar-refractivity contribution in [1.82, 2.24) is 0 Å². The van der Waals surface area contributed by atoms with Crippen molar-refractivity contribution in [3.8, 4) is 0 Å². The smallest absolute Gasteiger partial charge is 0.338 e. The van der Waals surface area contributed by atoms with Crippen LogP contribution in [0.15, 0.2) is 53.4 Å². The Balaban J connectivity index is 2.37. The number of carbonyl (C=O) groups excluding carboxylic acids is 1. The third-order valence-electron chi connectivity index (χ3n) is 3.56. The van der Waals surface area contributed by atoms with Crippen molar-refractivity contribution >= 4 is 37.6 Å². The second-order valence-corrected chi connectivity index (χ2v) is 8.00.